The van der Waals surface area contributed by atoms with Gasteiger partial charge in [0, 0.05) is 35.2 Å². The van der Waals surface area contributed by atoms with Gasteiger partial charge >= 0.3 is 0 Å². The average molecular weight is 297 g/mol. The van der Waals surface area contributed by atoms with Crippen molar-refractivity contribution in [2.45, 2.75) is 33.2 Å². The number of anilines is 2. The van der Waals surface area contributed by atoms with Gasteiger partial charge in [-0.05, 0) is 44.4 Å². The van der Waals surface area contributed by atoms with Gasteiger partial charge in [-0.25, -0.2) is 0 Å². The highest BCUT2D eigenvalue weighted by atomic mass is 16.5. The zero-order valence-corrected chi connectivity index (χ0v) is 13.5. The van der Waals surface area contributed by atoms with E-state index in [0.717, 1.165) is 54.2 Å². The Morgan fingerprint density at radius 1 is 1.32 bits per heavy atom. The van der Waals surface area contributed by atoms with Crippen LogP contribution in [0, 0.1) is 13.8 Å². The number of nitrogens with two attached hydrogens (primary N) is 1. The molecule has 0 bridgehead atoms. The molecule has 4 heteroatoms. The molecule has 1 aromatic heterocycles. The first kappa shape index (κ1) is 14.7. The number of aryl methyl sites for hydroxylation is 1. The minimum absolute atomic E-state index is 0.791. The van der Waals surface area contributed by atoms with E-state index in [1.54, 1.807) is 7.11 Å². The summed E-state index contributed by atoms with van der Waals surface area (Å²) in [7, 11) is 1.72. The van der Waals surface area contributed by atoms with Gasteiger partial charge in [0.1, 0.15) is 5.75 Å². The maximum atomic E-state index is 6.13. The van der Waals surface area contributed by atoms with Gasteiger partial charge in [-0.3, -0.25) is 4.98 Å². The van der Waals surface area contributed by atoms with Crippen molar-refractivity contribution in [1.82, 2.24) is 4.98 Å². The molecule has 0 radical (unpaired) electrons. The number of methoxy groups -OCH3 is 1. The van der Waals surface area contributed by atoms with Gasteiger partial charge in [-0.15, -0.1) is 0 Å². The van der Waals surface area contributed by atoms with Crippen LogP contribution in [0.3, 0.4) is 0 Å². The number of rotatable bonds is 3. The van der Waals surface area contributed by atoms with Crippen LogP contribution in [0.4, 0.5) is 11.4 Å². The molecule has 2 aromatic rings. The molecule has 1 aliphatic rings. The van der Waals surface area contributed by atoms with E-state index in [4.69, 9.17) is 10.5 Å². The van der Waals surface area contributed by atoms with Crippen LogP contribution in [0.5, 0.6) is 5.75 Å². The Labute approximate surface area is 131 Å². The standard InChI is InChI=1S/C18H23N3O/c1-12-10-20-16(13(2)18(12)22-3)11-21-9-5-6-14-15(19)7-4-8-17(14)21/h4,7-8,10H,5-6,9,11,19H2,1-3H3. The smallest absolute Gasteiger partial charge is 0.128 e. The van der Waals surface area contributed by atoms with Crippen LogP contribution < -0.4 is 15.4 Å². The summed E-state index contributed by atoms with van der Waals surface area (Å²) < 4.78 is 5.52. The molecule has 0 amide bonds. The number of hydrogen-bond donors (Lipinski definition) is 1. The van der Waals surface area contributed by atoms with Gasteiger partial charge in [-0.1, -0.05) is 6.07 Å². The van der Waals surface area contributed by atoms with E-state index in [1.165, 1.54) is 11.3 Å². The van der Waals surface area contributed by atoms with Gasteiger partial charge in [-0.2, -0.15) is 0 Å². The number of nitrogen functional groups attached to an aromatic ring is 1. The molecule has 3 rings (SSSR count). The molecular formula is C18H23N3O. The highest BCUT2D eigenvalue weighted by Gasteiger charge is 2.20. The van der Waals surface area contributed by atoms with Crippen LogP contribution >= 0.6 is 0 Å². The molecule has 0 aliphatic carbocycles. The fraction of sp³-hybridized carbons (Fsp3) is 0.389. The first-order valence-corrected chi connectivity index (χ1v) is 7.73. The number of nitrogens with zero attached hydrogens (tertiary/aromatic N) is 2. The summed E-state index contributed by atoms with van der Waals surface area (Å²) in [6.07, 6.45) is 4.08. The summed E-state index contributed by atoms with van der Waals surface area (Å²) >= 11 is 0. The monoisotopic (exact) mass is 297 g/mol. The number of aromatic nitrogens is 1. The Morgan fingerprint density at radius 2 is 2.14 bits per heavy atom. The highest BCUT2D eigenvalue weighted by Crippen LogP contribution is 2.33. The number of fused-ring (bicyclic) bond motifs is 1. The minimum Gasteiger partial charge on any atom is -0.496 e. The average Bonchev–Trinajstić information content (AvgIpc) is 2.51. The topological polar surface area (TPSA) is 51.4 Å². The Kier molecular flexibility index (Phi) is 3.92. The Morgan fingerprint density at radius 3 is 2.91 bits per heavy atom. The van der Waals surface area contributed by atoms with E-state index in [9.17, 15) is 0 Å². The molecule has 0 spiro atoms. The lowest BCUT2D eigenvalue weighted by molar-refractivity contribution is 0.406. The van der Waals surface area contributed by atoms with Crippen molar-refractivity contribution in [2.24, 2.45) is 0 Å². The summed E-state index contributed by atoms with van der Waals surface area (Å²) in [5.41, 5.74) is 12.8. The van der Waals surface area contributed by atoms with Gasteiger partial charge in [0.15, 0.2) is 0 Å². The van der Waals surface area contributed by atoms with Gasteiger partial charge in [0.2, 0.25) is 0 Å². The molecule has 0 fully saturated rings. The van der Waals surface area contributed by atoms with Crippen LogP contribution in [0.1, 0.15) is 28.8 Å². The van der Waals surface area contributed by atoms with E-state index in [2.05, 4.69) is 22.9 Å². The van der Waals surface area contributed by atoms with Crippen molar-refractivity contribution in [1.29, 1.82) is 0 Å². The molecular weight excluding hydrogens is 274 g/mol. The number of hydrogen-bond acceptors (Lipinski definition) is 4. The lowest BCUT2D eigenvalue weighted by Crippen LogP contribution is -2.30. The maximum Gasteiger partial charge on any atom is 0.128 e. The Balaban J connectivity index is 1.94. The Hall–Kier alpha value is -2.23. The van der Waals surface area contributed by atoms with Crippen molar-refractivity contribution in [2.75, 3.05) is 24.3 Å². The van der Waals surface area contributed by atoms with Crippen molar-refractivity contribution < 1.29 is 4.74 Å². The van der Waals surface area contributed by atoms with Gasteiger partial charge in [0.05, 0.1) is 19.3 Å². The third-order valence-electron chi connectivity index (χ3n) is 4.47. The summed E-state index contributed by atoms with van der Waals surface area (Å²) in [5.74, 6) is 0.940. The molecule has 1 aromatic carbocycles. The zero-order chi connectivity index (χ0) is 15.7. The largest absolute Gasteiger partial charge is 0.496 e. The van der Waals surface area contributed by atoms with Crippen molar-refractivity contribution in [3.05, 3.63) is 46.8 Å². The van der Waals surface area contributed by atoms with Crippen molar-refractivity contribution >= 4 is 11.4 Å². The van der Waals surface area contributed by atoms with E-state index >= 15 is 0 Å². The SMILES string of the molecule is COc1c(C)cnc(CN2CCCc3c(N)cccc32)c1C. The predicted octanol–water partition coefficient (Wildman–Crippen LogP) is 3.24. The van der Waals surface area contributed by atoms with E-state index < -0.39 is 0 Å². The zero-order valence-electron chi connectivity index (χ0n) is 13.5. The summed E-state index contributed by atoms with van der Waals surface area (Å²) in [5, 5.41) is 0. The van der Waals surface area contributed by atoms with E-state index in [1.807, 2.05) is 25.3 Å². The van der Waals surface area contributed by atoms with Gasteiger partial charge in [0.25, 0.3) is 0 Å². The second-order valence-corrected chi connectivity index (χ2v) is 5.92. The van der Waals surface area contributed by atoms with Crippen molar-refractivity contribution in [3.8, 4) is 5.75 Å². The first-order chi connectivity index (χ1) is 10.6. The third kappa shape index (κ3) is 2.49. The lowest BCUT2D eigenvalue weighted by Gasteiger charge is -2.32. The first-order valence-electron chi connectivity index (χ1n) is 7.73. The molecule has 1 aliphatic heterocycles. The molecule has 0 saturated carbocycles. The molecule has 0 saturated heterocycles. The summed E-state index contributed by atoms with van der Waals surface area (Å²) in [6.45, 7) is 5.94. The molecule has 4 nitrogen and oxygen atoms in total. The lowest BCUT2D eigenvalue weighted by atomic mass is 9.99. The normalized spacial score (nSPS) is 13.9. The van der Waals surface area contributed by atoms with Crippen molar-refractivity contribution in [3.63, 3.8) is 0 Å². The van der Waals surface area contributed by atoms with Crippen LogP contribution in [0.25, 0.3) is 0 Å². The van der Waals surface area contributed by atoms with Crippen LogP contribution in [-0.4, -0.2) is 18.6 Å². The van der Waals surface area contributed by atoms with Gasteiger partial charge < -0.3 is 15.4 Å². The fourth-order valence-corrected chi connectivity index (χ4v) is 3.30. The number of benzene rings is 1. The van der Waals surface area contributed by atoms with E-state index in [0.29, 0.717) is 0 Å². The van der Waals surface area contributed by atoms with E-state index in [-0.39, 0.29) is 0 Å². The quantitative estimate of drug-likeness (QED) is 0.884. The number of ether oxygens (including phenoxy) is 1. The number of pyridine rings is 1. The fourth-order valence-electron chi connectivity index (χ4n) is 3.30. The van der Waals surface area contributed by atoms with Crippen LogP contribution in [0.15, 0.2) is 24.4 Å². The molecule has 22 heavy (non-hydrogen) atoms. The third-order valence-corrected chi connectivity index (χ3v) is 4.47. The molecule has 2 heterocycles. The Bertz CT molecular complexity index is 697. The summed E-state index contributed by atoms with van der Waals surface area (Å²) in [4.78, 5) is 7.00. The highest BCUT2D eigenvalue weighted by molar-refractivity contribution is 5.66. The van der Waals surface area contributed by atoms with Crippen LogP contribution in [0.2, 0.25) is 0 Å². The second kappa shape index (κ2) is 5.87. The molecule has 2 N–H and O–H groups in total. The molecule has 116 valence electrons. The maximum absolute atomic E-state index is 6.13. The molecule has 0 unspecified atom stereocenters. The predicted molar refractivity (Wildman–Crippen MR) is 90.5 cm³/mol. The summed E-state index contributed by atoms with van der Waals surface area (Å²) in [6, 6.07) is 6.18. The van der Waals surface area contributed by atoms with Crippen LogP contribution in [-0.2, 0) is 13.0 Å². The molecule has 0 atom stereocenters. The second-order valence-electron chi connectivity index (χ2n) is 5.92. The minimum atomic E-state index is 0.791.